The first-order valence-electron chi connectivity index (χ1n) is 12.5. The van der Waals surface area contributed by atoms with Gasteiger partial charge in [0.05, 0.1) is 35.7 Å². The minimum Gasteiger partial charge on any atom is -0.497 e. The lowest BCUT2D eigenvalue weighted by molar-refractivity contribution is -0.121. The zero-order valence-electron chi connectivity index (χ0n) is 21.8. The normalized spacial score (nSPS) is 15.2. The van der Waals surface area contributed by atoms with E-state index in [2.05, 4.69) is 6.58 Å². The van der Waals surface area contributed by atoms with Gasteiger partial charge in [0.1, 0.15) is 11.5 Å². The standard InChI is InChI=1S/C31H28N4O3S/c1-4-19-34-30(36)28(39-31(34)32-24-13-17-27(18-14-24)38-5-2)20-23-21-35(25-9-7-6-8-10-25)33-29(23)22-11-15-26(37-3)16-12-22/h4,6-18,20-21H,1,5,19H2,2-3H3. The summed E-state index contributed by atoms with van der Waals surface area (Å²) in [4.78, 5) is 20.4. The van der Waals surface area contributed by atoms with E-state index in [1.165, 1.54) is 11.8 Å². The molecule has 0 bridgehead atoms. The zero-order chi connectivity index (χ0) is 27.2. The van der Waals surface area contributed by atoms with Gasteiger partial charge in [-0.15, -0.1) is 6.58 Å². The molecule has 0 aliphatic carbocycles. The molecule has 1 saturated heterocycles. The summed E-state index contributed by atoms with van der Waals surface area (Å²) in [5.74, 6) is 1.41. The smallest absolute Gasteiger partial charge is 0.267 e. The zero-order valence-corrected chi connectivity index (χ0v) is 22.6. The van der Waals surface area contributed by atoms with Gasteiger partial charge < -0.3 is 9.47 Å². The summed E-state index contributed by atoms with van der Waals surface area (Å²) < 4.78 is 12.7. The van der Waals surface area contributed by atoms with Crippen LogP contribution in [-0.4, -0.2) is 46.0 Å². The van der Waals surface area contributed by atoms with Crippen LogP contribution in [0.5, 0.6) is 11.5 Å². The molecule has 1 aliphatic heterocycles. The lowest BCUT2D eigenvalue weighted by Crippen LogP contribution is -2.29. The lowest BCUT2D eigenvalue weighted by atomic mass is 10.1. The first kappa shape index (κ1) is 26.1. The van der Waals surface area contributed by atoms with Gasteiger partial charge in [-0.05, 0) is 85.4 Å². The van der Waals surface area contributed by atoms with Crippen LogP contribution in [0.3, 0.4) is 0 Å². The maximum absolute atomic E-state index is 13.5. The molecule has 5 rings (SSSR count). The molecule has 0 radical (unpaired) electrons. The predicted molar refractivity (Wildman–Crippen MR) is 158 cm³/mol. The molecule has 1 fully saturated rings. The second-order valence-corrected chi connectivity index (χ2v) is 9.59. The number of carbonyl (C=O) groups excluding carboxylic acids is 1. The van der Waals surface area contributed by atoms with E-state index in [0.29, 0.717) is 23.2 Å². The maximum Gasteiger partial charge on any atom is 0.267 e. The Labute approximate surface area is 232 Å². The lowest BCUT2D eigenvalue weighted by Gasteiger charge is -2.12. The fraction of sp³-hybridized carbons (Fsp3) is 0.129. The molecule has 1 amide bonds. The highest BCUT2D eigenvalue weighted by atomic mass is 32.2. The Morgan fingerprint density at radius 2 is 1.72 bits per heavy atom. The number of carbonyl (C=O) groups is 1. The molecule has 1 aliphatic rings. The number of rotatable bonds is 9. The number of amidine groups is 1. The van der Waals surface area contributed by atoms with Gasteiger partial charge in [-0.3, -0.25) is 9.69 Å². The van der Waals surface area contributed by atoms with Crippen molar-refractivity contribution in [3.8, 4) is 28.4 Å². The average Bonchev–Trinajstić information content (AvgIpc) is 3.52. The summed E-state index contributed by atoms with van der Waals surface area (Å²) in [7, 11) is 1.64. The minimum atomic E-state index is -0.127. The Bertz CT molecular complexity index is 1520. The summed E-state index contributed by atoms with van der Waals surface area (Å²) in [6.07, 6.45) is 5.52. The molecule has 7 nitrogen and oxygen atoms in total. The van der Waals surface area contributed by atoms with Gasteiger partial charge in [0.25, 0.3) is 5.91 Å². The number of amides is 1. The first-order valence-corrected chi connectivity index (χ1v) is 13.3. The van der Waals surface area contributed by atoms with Crippen molar-refractivity contribution in [3.63, 3.8) is 0 Å². The summed E-state index contributed by atoms with van der Waals surface area (Å²) >= 11 is 1.34. The van der Waals surface area contributed by atoms with Gasteiger partial charge in [-0.25, -0.2) is 9.67 Å². The average molecular weight is 537 g/mol. The van der Waals surface area contributed by atoms with Gasteiger partial charge in [-0.1, -0.05) is 24.3 Å². The molecule has 39 heavy (non-hydrogen) atoms. The molecular weight excluding hydrogens is 508 g/mol. The van der Waals surface area contributed by atoms with E-state index in [1.807, 2.05) is 103 Å². The Hall–Kier alpha value is -4.56. The van der Waals surface area contributed by atoms with Crippen molar-refractivity contribution in [2.24, 2.45) is 4.99 Å². The summed E-state index contributed by atoms with van der Waals surface area (Å²) in [5, 5.41) is 5.47. The minimum absolute atomic E-state index is 0.127. The van der Waals surface area contributed by atoms with Crippen LogP contribution in [0.15, 0.2) is 108 Å². The third-order valence-corrected chi connectivity index (χ3v) is 6.99. The molecule has 4 aromatic rings. The number of hydrogen-bond acceptors (Lipinski definition) is 6. The Morgan fingerprint density at radius 1 is 1.00 bits per heavy atom. The number of thioether (sulfide) groups is 1. The summed E-state index contributed by atoms with van der Waals surface area (Å²) in [6.45, 7) is 6.72. The Kier molecular flexibility index (Phi) is 7.94. The van der Waals surface area contributed by atoms with Crippen LogP contribution in [0.1, 0.15) is 12.5 Å². The van der Waals surface area contributed by atoms with Crippen LogP contribution < -0.4 is 9.47 Å². The maximum atomic E-state index is 13.5. The van der Waals surface area contributed by atoms with Crippen molar-refractivity contribution in [1.82, 2.24) is 14.7 Å². The van der Waals surface area contributed by atoms with Gasteiger partial charge in [-0.2, -0.15) is 5.10 Å². The number of hydrogen-bond donors (Lipinski definition) is 0. The van der Waals surface area contributed by atoms with Crippen LogP contribution in [0.25, 0.3) is 23.0 Å². The molecule has 1 aromatic heterocycles. The van der Waals surface area contributed by atoms with Crippen molar-refractivity contribution >= 4 is 34.6 Å². The second-order valence-electron chi connectivity index (χ2n) is 8.58. The summed E-state index contributed by atoms with van der Waals surface area (Å²) in [6, 6.07) is 25.1. The van der Waals surface area contributed by atoms with Gasteiger partial charge in [0.15, 0.2) is 5.17 Å². The summed E-state index contributed by atoms with van der Waals surface area (Å²) in [5.41, 5.74) is 4.16. The van der Waals surface area contributed by atoms with Gasteiger partial charge in [0, 0.05) is 23.9 Å². The molecule has 0 spiro atoms. The highest BCUT2D eigenvalue weighted by Crippen LogP contribution is 2.36. The van der Waals surface area contributed by atoms with E-state index in [4.69, 9.17) is 19.6 Å². The van der Waals surface area contributed by atoms with Crippen LogP contribution >= 0.6 is 11.8 Å². The van der Waals surface area contributed by atoms with E-state index < -0.39 is 0 Å². The largest absolute Gasteiger partial charge is 0.497 e. The van der Waals surface area contributed by atoms with Crippen LogP contribution in [0.4, 0.5) is 5.69 Å². The highest BCUT2D eigenvalue weighted by Gasteiger charge is 2.33. The van der Waals surface area contributed by atoms with Gasteiger partial charge >= 0.3 is 0 Å². The van der Waals surface area contributed by atoms with Crippen molar-refractivity contribution in [1.29, 1.82) is 0 Å². The molecule has 3 aromatic carbocycles. The van der Waals surface area contributed by atoms with E-state index in [1.54, 1.807) is 18.1 Å². The molecule has 2 heterocycles. The first-order chi connectivity index (χ1) is 19.1. The number of nitrogens with zero attached hydrogens (tertiary/aromatic N) is 4. The monoisotopic (exact) mass is 536 g/mol. The molecule has 0 N–H and O–H groups in total. The quantitative estimate of drug-likeness (QED) is 0.175. The number of aromatic nitrogens is 2. The predicted octanol–water partition coefficient (Wildman–Crippen LogP) is 6.74. The molecule has 8 heteroatoms. The Morgan fingerprint density at radius 3 is 2.38 bits per heavy atom. The van der Waals surface area contributed by atoms with Crippen molar-refractivity contribution in [3.05, 3.63) is 108 Å². The van der Waals surface area contributed by atoms with Gasteiger partial charge in [0.2, 0.25) is 0 Å². The number of methoxy groups -OCH3 is 1. The fourth-order valence-electron chi connectivity index (χ4n) is 4.10. The number of aliphatic imine (C=N–C) groups is 1. The van der Waals surface area contributed by atoms with E-state index in [9.17, 15) is 4.79 Å². The molecule has 0 unspecified atom stereocenters. The topological polar surface area (TPSA) is 69.0 Å². The third kappa shape index (κ3) is 5.81. The number of ether oxygens (including phenoxy) is 2. The molecular formula is C31H28N4O3S. The van der Waals surface area contributed by atoms with E-state index in [0.717, 1.165) is 39.7 Å². The van der Waals surface area contributed by atoms with E-state index >= 15 is 0 Å². The fourth-order valence-corrected chi connectivity index (χ4v) is 5.09. The van der Waals surface area contributed by atoms with Crippen molar-refractivity contribution < 1.29 is 14.3 Å². The molecule has 196 valence electrons. The number of benzene rings is 3. The SMILES string of the molecule is C=CCN1C(=O)C(=Cc2cn(-c3ccccc3)nc2-c2ccc(OC)cc2)SC1=Nc1ccc(OCC)cc1. The van der Waals surface area contributed by atoms with Crippen LogP contribution in [0.2, 0.25) is 0 Å². The van der Waals surface area contributed by atoms with Crippen LogP contribution in [0, 0.1) is 0 Å². The van der Waals surface area contributed by atoms with E-state index in [-0.39, 0.29) is 5.91 Å². The number of para-hydroxylation sites is 1. The molecule has 0 saturated carbocycles. The molecule has 0 atom stereocenters. The third-order valence-electron chi connectivity index (χ3n) is 5.99. The van der Waals surface area contributed by atoms with Crippen LogP contribution in [-0.2, 0) is 4.79 Å². The van der Waals surface area contributed by atoms with Crippen molar-refractivity contribution in [2.45, 2.75) is 6.92 Å². The Balaban J connectivity index is 1.54. The highest BCUT2D eigenvalue weighted by molar-refractivity contribution is 8.18. The second kappa shape index (κ2) is 11.9. The van der Waals surface area contributed by atoms with Crippen molar-refractivity contribution in [2.75, 3.05) is 20.3 Å².